The standard InChI is InChI=1S/C13H28N4.C4H10/c1-3-15-8-10-17(11-9-15)13-12-16-6-4-14(2)5-7-16;1-3-4-2/h3-13H2,1-2H3;3-4H2,1-2H3. The molecule has 2 fully saturated rings. The Labute approximate surface area is 133 Å². The highest BCUT2D eigenvalue weighted by molar-refractivity contribution is 4.74. The molecule has 0 atom stereocenters. The second-order valence-electron chi connectivity index (χ2n) is 6.42. The normalized spacial score (nSPS) is 22.9. The van der Waals surface area contributed by atoms with Crippen molar-refractivity contribution in [2.75, 3.05) is 79.0 Å². The molecule has 0 aromatic carbocycles. The molecule has 2 aliphatic heterocycles. The van der Waals surface area contributed by atoms with E-state index < -0.39 is 0 Å². The van der Waals surface area contributed by atoms with E-state index in [1.54, 1.807) is 0 Å². The second kappa shape index (κ2) is 11.4. The van der Waals surface area contributed by atoms with Gasteiger partial charge in [-0.3, -0.25) is 9.80 Å². The average molecular weight is 299 g/mol. The number of hydrogen-bond donors (Lipinski definition) is 0. The van der Waals surface area contributed by atoms with Gasteiger partial charge in [0.15, 0.2) is 0 Å². The molecule has 4 heteroatoms. The van der Waals surface area contributed by atoms with Crippen LogP contribution in [0.3, 0.4) is 0 Å². The summed E-state index contributed by atoms with van der Waals surface area (Å²) in [6.07, 6.45) is 2.64. The van der Waals surface area contributed by atoms with Crippen molar-refractivity contribution in [3.05, 3.63) is 0 Å². The largest absolute Gasteiger partial charge is 0.304 e. The lowest BCUT2D eigenvalue weighted by molar-refractivity contribution is 0.104. The van der Waals surface area contributed by atoms with Gasteiger partial charge in [-0.05, 0) is 13.6 Å². The fourth-order valence-electron chi connectivity index (χ4n) is 2.68. The van der Waals surface area contributed by atoms with Crippen molar-refractivity contribution in [1.29, 1.82) is 0 Å². The molecule has 4 nitrogen and oxygen atoms in total. The average Bonchev–Trinajstić information content (AvgIpc) is 2.55. The van der Waals surface area contributed by atoms with Crippen LogP contribution in [0.25, 0.3) is 0 Å². The highest BCUT2D eigenvalue weighted by Gasteiger charge is 2.17. The maximum absolute atomic E-state index is 2.63. The maximum Gasteiger partial charge on any atom is 0.0110 e. The Hall–Kier alpha value is -0.160. The van der Waals surface area contributed by atoms with Gasteiger partial charge >= 0.3 is 0 Å². The number of likely N-dealkylation sites (N-methyl/N-ethyl adjacent to an activating group) is 2. The van der Waals surface area contributed by atoms with Crippen molar-refractivity contribution in [3.8, 4) is 0 Å². The van der Waals surface area contributed by atoms with E-state index in [1.807, 2.05) is 0 Å². The molecule has 2 aliphatic rings. The van der Waals surface area contributed by atoms with Crippen molar-refractivity contribution in [2.24, 2.45) is 0 Å². The molecule has 0 bridgehead atoms. The van der Waals surface area contributed by atoms with E-state index in [0.717, 1.165) is 0 Å². The zero-order valence-corrected chi connectivity index (χ0v) is 15.0. The van der Waals surface area contributed by atoms with Crippen LogP contribution in [0.2, 0.25) is 0 Å². The van der Waals surface area contributed by atoms with Crippen LogP contribution in [0.1, 0.15) is 33.6 Å². The van der Waals surface area contributed by atoms with Gasteiger partial charge in [0.25, 0.3) is 0 Å². The SMILES string of the molecule is CCCC.CCN1CCN(CCN2CCN(C)CC2)CC1. The minimum atomic E-state index is 1.21. The summed E-state index contributed by atoms with van der Waals surface area (Å²) in [4.78, 5) is 10.2. The molecule has 21 heavy (non-hydrogen) atoms. The summed E-state index contributed by atoms with van der Waals surface area (Å²) >= 11 is 0. The first-order valence-electron chi connectivity index (χ1n) is 9.05. The van der Waals surface area contributed by atoms with Crippen LogP contribution < -0.4 is 0 Å². The third-order valence-corrected chi connectivity index (χ3v) is 4.74. The summed E-state index contributed by atoms with van der Waals surface area (Å²) in [6.45, 7) is 20.4. The third-order valence-electron chi connectivity index (χ3n) is 4.74. The van der Waals surface area contributed by atoms with Gasteiger partial charge in [0.05, 0.1) is 0 Å². The van der Waals surface area contributed by atoms with Gasteiger partial charge in [-0.25, -0.2) is 0 Å². The molecule has 0 aromatic rings. The third kappa shape index (κ3) is 8.15. The molecule has 126 valence electrons. The molecular weight excluding hydrogens is 260 g/mol. The molecule has 0 amide bonds. The van der Waals surface area contributed by atoms with Gasteiger partial charge in [-0.1, -0.05) is 33.6 Å². The van der Waals surface area contributed by atoms with Crippen LogP contribution in [0.15, 0.2) is 0 Å². The van der Waals surface area contributed by atoms with Crippen LogP contribution >= 0.6 is 0 Å². The van der Waals surface area contributed by atoms with Gasteiger partial charge in [0.2, 0.25) is 0 Å². The second-order valence-corrected chi connectivity index (χ2v) is 6.42. The van der Waals surface area contributed by atoms with Crippen LogP contribution in [0, 0.1) is 0 Å². The quantitative estimate of drug-likeness (QED) is 0.765. The fraction of sp³-hybridized carbons (Fsp3) is 1.00. The van der Waals surface area contributed by atoms with E-state index in [9.17, 15) is 0 Å². The van der Waals surface area contributed by atoms with E-state index >= 15 is 0 Å². The predicted molar refractivity (Wildman–Crippen MR) is 93.1 cm³/mol. The molecule has 2 rings (SSSR count). The summed E-state index contributed by atoms with van der Waals surface area (Å²) in [5, 5.41) is 0. The van der Waals surface area contributed by atoms with Crippen molar-refractivity contribution >= 4 is 0 Å². The van der Waals surface area contributed by atoms with Crippen LogP contribution in [0.4, 0.5) is 0 Å². The molecule has 2 heterocycles. The summed E-state index contributed by atoms with van der Waals surface area (Å²) < 4.78 is 0. The van der Waals surface area contributed by atoms with E-state index in [4.69, 9.17) is 0 Å². The number of nitrogens with zero attached hydrogens (tertiary/aromatic N) is 4. The maximum atomic E-state index is 2.63. The Morgan fingerprint density at radius 1 is 0.571 bits per heavy atom. The van der Waals surface area contributed by atoms with E-state index in [0.29, 0.717) is 0 Å². The lowest BCUT2D eigenvalue weighted by Crippen LogP contribution is -2.50. The summed E-state index contributed by atoms with van der Waals surface area (Å²) in [6, 6.07) is 0. The molecule has 0 saturated carbocycles. The Morgan fingerprint density at radius 3 is 1.33 bits per heavy atom. The van der Waals surface area contributed by atoms with Crippen LogP contribution in [-0.4, -0.2) is 98.6 Å². The number of unbranched alkanes of at least 4 members (excludes halogenated alkanes) is 1. The molecule has 0 spiro atoms. The molecule has 2 saturated heterocycles. The van der Waals surface area contributed by atoms with Gasteiger partial charge < -0.3 is 9.80 Å². The highest BCUT2D eigenvalue weighted by atomic mass is 15.3. The molecule has 0 unspecified atom stereocenters. The minimum absolute atomic E-state index is 1.21. The first kappa shape index (κ1) is 18.9. The van der Waals surface area contributed by atoms with Crippen molar-refractivity contribution < 1.29 is 0 Å². The first-order valence-corrected chi connectivity index (χ1v) is 9.05. The van der Waals surface area contributed by atoms with E-state index in [1.165, 1.54) is 84.8 Å². The first-order chi connectivity index (χ1) is 10.2. The summed E-state index contributed by atoms with van der Waals surface area (Å²) in [5.41, 5.74) is 0. The smallest absolute Gasteiger partial charge is 0.0110 e. The Balaban J connectivity index is 0.000000491. The van der Waals surface area contributed by atoms with Crippen molar-refractivity contribution in [1.82, 2.24) is 19.6 Å². The lowest BCUT2D eigenvalue weighted by Gasteiger charge is -2.37. The lowest BCUT2D eigenvalue weighted by atomic mass is 10.3. The number of rotatable bonds is 5. The summed E-state index contributed by atoms with van der Waals surface area (Å²) in [7, 11) is 2.22. The zero-order chi connectivity index (χ0) is 15.5. The highest BCUT2D eigenvalue weighted by Crippen LogP contribution is 2.03. The topological polar surface area (TPSA) is 13.0 Å². The van der Waals surface area contributed by atoms with Gasteiger partial charge in [0, 0.05) is 65.4 Å². The monoisotopic (exact) mass is 298 g/mol. The van der Waals surface area contributed by atoms with Gasteiger partial charge in [-0.15, -0.1) is 0 Å². The van der Waals surface area contributed by atoms with Crippen LogP contribution in [-0.2, 0) is 0 Å². The molecule has 0 aliphatic carbocycles. The predicted octanol–water partition coefficient (Wildman–Crippen LogP) is 1.68. The van der Waals surface area contributed by atoms with Gasteiger partial charge in [-0.2, -0.15) is 0 Å². The molecule has 0 radical (unpaired) electrons. The van der Waals surface area contributed by atoms with Crippen LogP contribution in [0.5, 0.6) is 0 Å². The fourth-order valence-corrected chi connectivity index (χ4v) is 2.68. The van der Waals surface area contributed by atoms with Crippen molar-refractivity contribution in [3.63, 3.8) is 0 Å². The molecule has 0 aromatic heterocycles. The minimum Gasteiger partial charge on any atom is -0.304 e. The van der Waals surface area contributed by atoms with Crippen molar-refractivity contribution in [2.45, 2.75) is 33.6 Å². The number of hydrogen-bond acceptors (Lipinski definition) is 4. The van der Waals surface area contributed by atoms with E-state index in [2.05, 4.69) is 47.4 Å². The Bertz CT molecular complexity index is 229. The summed E-state index contributed by atoms with van der Waals surface area (Å²) in [5.74, 6) is 0. The Kier molecular flexibility index (Phi) is 10.3. The van der Waals surface area contributed by atoms with Gasteiger partial charge in [0.1, 0.15) is 0 Å². The van der Waals surface area contributed by atoms with E-state index in [-0.39, 0.29) is 0 Å². The Morgan fingerprint density at radius 2 is 0.952 bits per heavy atom. The molecule has 0 N–H and O–H groups in total. The number of piperazine rings is 2. The zero-order valence-electron chi connectivity index (χ0n) is 15.0. The molecular formula is C17H38N4.